The number of ether oxygens (including phenoxy) is 1. The van der Waals surface area contributed by atoms with Gasteiger partial charge in [-0.15, -0.1) is 0 Å². The molecule has 0 aliphatic rings. The molecule has 0 fully saturated rings. The minimum Gasteiger partial charge on any atom is -0.481 e. The highest BCUT2D eigenvalue weighted by Crippen LogP contribution is 2.27. The van der Waals surface area contributed by atoms with Crippen LogP contribution in [-0.2, 0) is 4.79 Å². The molecule has 0 saturated heterocycles. The Morgan fingerprint density at radius 1 is 1.04 bits per heavy atom. The van der Waals surface area contributed by atoms with Crippen LogP contribution >= 0.6 is 23.2 Å². The summed E-state index contributed by atoms with van der Waals surface area (Å²) in [4.78, 5) is 23.3. The van der Waals surface area contributed by atoms with Gasteiger partial charge >= 0.3 is 0 Å². The van der Waals surface area contributed by atoms with Gasteiger partial charge in [-0.25, -0.2) is 0 Å². The number of carbonyl (C=O) groups is 2. The zero-order chi connectivity index (χ0) is 17.0. The second-order valence-corrected chi connectivity index (χ2v) is 5.77. The van der Waals surface area contributed by atoms with Gasteiger partial charge in [0.2, 0.25) is 0 Å². The first-order valence-corrected chi connectivity index (χ1v) is 7.66. The number of Topliss-reactive ketones (excluding diaryl/α,β-unsaturated/α-hetero) is 1. The van der Waals surface area contributed by atoms with Crippen LogP contribution in [0.25, 0.3) is 0 Å². The number of rotatable bonds is 5. The summed E-state index contributed by atoms with van der Waals surface area (Å²) in [5.41, 5.74) is 1.17. The highest BCUT2D eigenvalue weighted by atomic mass is 35.5. The predicted molar refractivity (Wildman–Crippen MR) is 91.6 cm³/mol. The second-order valence-electron chi connectivity index (χ2n) is 4.96. The third-order valence-electron chi connectivity index (χ3n) is 3.13. The average molecular weight is 352 g/mol. The van der Waals surface area contributed by atoms with E-state index in [1.165, 1.54) is 6.92 Å². The smallest absolute Gasteiger partial charge is 0.265 e. The molecular weight excluding hydrogens is 337 g/mol. The molecule has 2 aromatic carbocycles. The lowest BCUT2D eigenvalue weighted by molar-refractivity contribution is -0.122. The van der Waals surface area contributed by atoms with E-state index in [-0.39, 0.29) is 11.7 Å². The number of hydrogen-bond acceptors (Lipinski definition) is 3. The molecule has 0 spiro atoms. The van der Waals surface area contributed by atoms with E-state index in [9.17, 15) is 9.59 Å². The fourth-order valence-corrected chi connectivity index (χ4v) is 2.13. The number of carbonyl (C=O) groups excluding carboxylic acids is 2. The molecule has 0 heterocycles. The van der Waals surface area contributed by atoms with Gasteiger partial charge < -0.3 is 10.1 Å². The minimum atomic E-state index is -0.722. The summed E-state index contributed by atoms with van der Waals surface area (Å²) in [5, 5.41) is 3.50. The van der Waals surface area contributed by atoms with E-state index in [1.54, 1.807) is 49.4 Å². The second kappa shape index (κ2) is 7.49. The molecular formula is C17H15Cl2NO3. The summed E-state index contributed by atoms with van der Waals surface area (Å²) < 4.78 is 5.54. The zero-order valence-corrected chi connectivity index (χ0v) is 14.1. The third-order valence-corrected chi connectivity index (χ3v) is 3.87. The van der Waals surface area contributed by atoms with Gasteiger partial charge in [0.05, 0.1) is 10.0 Å². The van der Waals surface area contributed by atoms with Gasteiger partial charge in [0, 0.05) is 17.3 Å². The van der Waals surface area contributed by atoms with Crippen molar-refractivity contribution in [3.63, 3.8) is 0 Å². The fourth-order valence-electron chi connectivity index (χ4n) is 1.84. The van der Waals surface area contributed by atoms with Crippen molar-refractivity contribution in [2.45, 2.75) is 20.0 Å². The molecule has 0 unspecified atom stereocenters. The Morgan fingerprint density at radius 3 is 2.26 bits per heavy atom. The van der Waals surface area contributed by atoms with Crippen LogP contribution in [0, 0.1) is 0 Å². The van der Waals surface area contributed by atoms with Crippen LogP contribution in [0.1, 0.15) is 24.2 Å². The molecule has 6 heteroatoms. The molecule has 23 heavy (non-hydrogen) atoms. The summed E-state index contributed by atoms with van der Waals surface area (Å²) in [6.07, 6.45) is -0.722. The molecule has 0 saturated carbocycles. The van der Waals surface area contributed by atoms with Gasteiger partial charge in [-0.05, 0) is 50.2 Å². The topological polar surface area (TPSA) is 55.4 Å². The number of ketones is 1. The van der Waals surface area contributed by atoms with Crippen molar-refractivity contribution in [2.75, 3.05) is 5.32 Å². The lowest BCUT2D eigenvalue weighted by Gasteiger charge is -2.15. The number of benzene rings is 2. The van der Waals surface area contributed by atoms with E-state index in [2.05, 4.69) is 5.32 Å². The highest BCUT2D eigenvalue weighted by molar-refractivity contribution is 6.42. The van der Waals surface area contributed by atoms with E-state index in [1.807, 2.05) is 0 Å². The summed E-state index contributed by atoms with van der Waals surface area (Å²) in [7, 11) is 0. The number of halogens is 2. The van der Waals surface area contributed by atoms with Crippen molar-refractivity contribution < 1.29 is 14.3 Å². The van der Waals surface area contributed by atoms with Gasteiger partial charge in [-0.1, -0.05) is 23.2 Å². The molecule has 0 aliphatic carbocycles. The van der Waals surface area contributed by atoms with Crippen molar-refractivity contribution in [3.05, 3.63) is 58.1 Å². The van der Waals surface area contributed by atoms with Crippen molar-refractivity contribution in [2.24, 2.45) is 0 Å². The number of anilines is 1. The van der Waals surface area contributed by atoms with Gasteiger partial charge in [0.1, 0.15) is 5.75 Å². The van der Waals surface area contributed by atoms with Crippen LogP contribution in [0.4, 0.5) is 5.69 Å². The number of nitrogens with one attached hydrogen (secondary N) is 1. The molecule has 1 amide bonds. The molecule has 1 atom stereocenters. The standard InChI is InChI=1S/C17H15Cl2NO3/c1-10(21)12-3-5-13(6-4-12)20-17(22)11(2)23-14-7-8-15(18)16(19)9-14/h3-9,11H,1-2H3,(H,20,22)/t11-/m1/s1. The Bertz CT molecular complexity index is 729. The maximum Gasteiger partial charge on any atom is 0.265 e. The molecule has 1 N–H and O–H groups in total. The van der Waals surface area contributed by atoms with Crippen LogP contribution < -0.4 is 10.1 Å². The molecule has 0 radical (unpaired) electrons. The van der Waals surface area contributed by atoms with Crippen LogP contribution in [0.5, 0.6) is 5.75 Å². The lowest BCUT2D eigenvalue weighted by atomic mass is 10.1. The van der Waals surface area contributed by atoms with Crippen molar-refractivity contribution in [1.82, 2.24) is 0 Å². The van der Waals surface area contributed by atoms with Crippen LogP contribution in [-0.4, -0.2) is 17.8 Å². The van der Waals surface area contributed by atoms with Gasteiger partial charge in [0.25, 0.3) is 5.91 Å². The van der Waals surface area contributed by atoms with E-state index in [0.29, 0.717) is 27.0 Å². The molecule has 4 nitrogen and oxygen atoms in total. The predicted octanol–water partition coefficient (Wildman–Crippen LogP) is 4.60. The van der Waals surface area contributed by atoms with Crippen LogP contribution in [0.3, 0.4) is 0 Å². The maximum absolute atomic E-state index is 12.1. The first-order chi connectivity index (χ1) is 10.9. The Hall–Kier alpha value is -2.04. The Morgan fingerprint density at radius 2 is 1.70 bits per heavy atom. The van der Waals surface area contributed by atoms with E-state index in [4.69, 9.17) is 27.9 Å². The Labute approximate surface area is 144 Å². The van der Waals surface area contributed by atoms with Crippen molar-refractivity contribution in [1.29, 1.82) is 0 Å². The lowest BCUT2D eigenvalue weighted by Crippen LogP contribution is -2.30. The normalized spacial score (nSPS) is 11.7. The molecule has 0 aromatic heterocycles. The number of hydrogen-bond donors (Lipinski definition) is 1. The number of amides is 1. The summed E-state index contributed by atoms with van der Waals surface area (Å²) in [6.45, 7) is 3.11. The van der Waals surface area contributed by atoms with Gasteiger partial charge in [0.15, 0.2) is 11.9 Å². The van der Waals surface area contributed by atoms with Crippen molar-refractivity contribution >= 4 is 40.6 Å². The fraction of sp³-hybridized carbons (Fsp3) is 0.176. The van der Waals surface area contributed by atoms with Crippen molar-refractivity contribution in [3.8, 4) is 5.75 Å². The van der Waals surface area contributed by atoms with E-state index in [0.717, 1.165) is 0 Å². The monoisotopic (exact) mass is 351 g/mol. The SMILES string of the molecule is CC(=O)c1ccc(NC(=O)[C@@H](C)Oc2ccc(Cl)c(Cl)c2)cc1. The first-order valence-electron chi connectivity index (χ1n) is 6.90. The largest absolute Gasteiger partial charge is 0.481 e. The quantitative estimate of drug-likeness (QED) is 0.800. The average Bonchev–Trinajstić information content (AvgIpc) is 2.51. The Kier molecular flexibility index (Phi) is 5.64. The van der Waals surface area contributed by atoms with E-state index < -0.39 is 6.10 Å². The van der Waals surface area contributed by atoms with Crippen LogP contribution in [0.15, 0.2) is 42.5 Å². The molecule has 2 rings (SSSR count). The Balaban J connectivity index is 1.99. The summed E-state index contributed by atoms with van der Waals surface area (Å²) in [6, 6.07) is 11.4. The summed E-state index contributed by atoms with van der Waals surface area (Å²) >= 11 is 11.7. The summed E-state index contributed by atoms with van der Waals surface area (Å²) in [5.74, 6) is 0.111. The van der Waals surface area contributed by atoms with Crippen LogP contribution in [0.2, 0.25) is 10.0 Å². The maximum atomic E-state index is 12.1. The first kappa shape index (κ1) is 17.3. The molecule has 2 aromatic rings. The van der Waals surface area contributed by atoms with Gasteiger partial charge in [-0.2, -0.15) is 0 Å². The highest BCUT2D eigenvalue weighted by Gasteiger charge is 2.15. The zero-order valence-electron chi connectivity index (χ0n) is 12.6. The third kappa shape index (κ3) is 4.71. The molecule has 0 bridgehead atoms. The minimum absolute atomic E-state index is 0.0285. The molecule has 120 valence electrons. The molecule has 0 aliphatic heterocycles. The van der Waals surface area contributed by atoms with E-state index >= 15 is 0 Å². The van der Waals surface area contributed by atoms with Gasteiger partial charge in [-0.3, -0.25) is 9.59 Å².